The van der Waals surface area contributed by atoms with E-state index in [1.165, 1.54) is 0 Å². The third-order valence-corrected chi connectivity index (χ3v) is 2.43. The predicted octanol–water partition coefficient (Wildman–Crippen LogP) is 2.64. The van der Waals surface area contributed by atoms with Crippen LogP contribution in [-0.4, -0.2) is 30.6 Å². The van der Waals surface area contributed by atoms with Crippen molar-refractivity contribution in [3.8, 4) is 5.75 Å². The Morgan fingerprint density at radius 3 is 2.50 bits per heavy atom. The number of nitrogens with zero attached hydrogens (tertiary/aromatic N) is 1. The number of para-hydroxylation sites is 1. The largest absolute Gasteiger partial charge is 0.496 e. The van der Waals surface area contributed by atoms with E-state index in [4.69, 9.17) is 4.74 Å². The lowest BCUT2D eigenvalue weighted by atomic mass is 10.1. The van der Waals surface area contributed by atoms with Gasteiger partial charge >= 0.3 is 6.03 Å². The number of amides is 2. The minimum atomic E-state index is -0.230. The number of urea groups is 1. The monoisotopic (exact) mass is 250 g/mol. The molecule has 0 radical (unpaired) electrons. The summed E-state index contributed by atoms with van der Waals surface area (Å²) in [6.07, 6.45) is 0. The fourth-order valence-electron chi connectivity index (χ4n) is 1.58. The number of nitrogens with one attached hydrogen (secondary N) is 1. The van der Waals surface area contributed by atoms with Gasteiger partial charge in [0.1, 0.15) is 5.75 Å². The molecule has 2 amide bonds. The Hall–Kier alpha value is -1.71. The normalized spacial score (nSPS) is 10.9. The van der Waals surface area contributed by atoms with Gasteiger partial charge in [-0.2, -0.15) is 0 Å². The van der Waals surface area contributed by atoms with Gasteiger partial charge in [-0.25, -0.2) is 4.79 Å². The van der Waals surface area contributed by atoms with Crippen LogP contribution in [0.15, 0.2) is 24.3 Å². The highest BCUT2D eigenvalue weighted by molar-refractivity contribution is 5.74. The second kappa shape index (κ2) is 5.76. The minimum absolute atomic E-state index is 0.0894. The molecule has 0 heterocycles. The number of rotatable bonds is 3. The van der Waals surface area contributed by atoms with Crippen LogP contribution in [0.25, 0.3) is 0 Å². The number of hydrogen-bond donors (Lipinski definition) is 1. The zero-order valence-corrected chi connectivity index (χ0v) is 11.8. The van der Waals surface area contributed by atoms with Crippen molar-refractivity contribution >= 4 is 6.03 Å². The molecule has 0 unspecified atom stereocenters. The standard InChI is InChI=1S/C14H22N2O2/c1-14(2,3)15-13(17)16(4)10-11-8-6-7-9-12(11)18-5/h6-9H,10H2,1-5H3,(H,15,17). The number of methoxy groups -OCH3 is 1. The Bertz CT molecular complexity index is 411. The molecule has 0 atom stereocenters. The highest BCUT2D eigenvalue weighted by Crippen LogP contribution is 2.18. The summed E-state index contributed by atoms with van der Waals surface area (Å²) < 4.78 is 5.27. The first-order valence-corrected chi connectivity index (χ1v) is 5.98. The molecule has 100 valence electrons. The maximum Gasteiger partial charge on any atom is 0.317 e. The van der Waals surface area contributed by atoms with Gasteiger partial charge in [0, 0.05) is 18.2 Å². The second-order valence-electron chi connectivity index (χ2n) is 5.35. The first-order valence-electron chi connectivity index (χ1n) is 5.98. The van der Waals surface area contributed by atoms with Crippen LogP contribution in [0.2, 0.25) is 0 Å². The van der Waals surface area contributed by atoms with E-state index >= 15 is 0 Å². The van der Waals surface area contributed by atoms with Gasteiger partial charge in [0.15, 0.2) is 0 Å². The lowest BCUT2D eigenvalue weighted by Crippen LogP contribution is -2.46. The highest BCUT2D eigenvalue weighted by Gasteiger charge is 2.17. The zero-order chi connectivity index (χ0) is 13.8. The van der Waals surface area contributed by atoms with Crippen LogP contribution in [0.3, 0.4) is 0 Å². The first kappa shape index (κ1) is 14.4. The highest BCUT2D eigenvalue weighted by atomic mass is 16.5. The van der Waals surface area contributed by atoms with Gasteiger partial charge in [-0.3, -0.25) is 0 Å². The minimum Gasteiger partial charge on any atom is -0.496 e. The van der Waals surface area contributed by atoms with Crippen LogP contribution in [-0.2, 0) is 6.54 Å². The third kappa shape index (κ3) is 4.28. The van der Waals surface area contributed by atoms with Gasteiger partial charge < -0.3 is 15.0 Å². The van der Waals surface area contributed by atoms with Gasteiger partial charge in [0.25, 0.3) is 0 Å². The number of hydrogen-bond acceptors (Lipinski definition) is 2. The van der Waals surface area contributed by atoms with E-state index in [0.29, 0.717) is 6.54 Å². The molecule has 0 aliphatic heterocycles. The molecule has 4 nitrogen and oxygen atoms in total. The van der Waals surface area contributed by atoms with E-state index in [0.717, 1.165) is 11.3 Å². The van der Waals surface area contributed by atoms with E-state index in [9.17, 15) is 4.79 Å². The number of ether oxygens (including phenoxy) is 1. The Morgan fingerprint density at radius 2 is 1.94 bits per heavy atom. The lowest BCUT2D eigenvalue weighted by molar-refractivity contribution is 0.197. The van der Waals surface area contributed by atoms with Gasteiger partial charge in [0.2, 0.25) is 0 Å². The van der Waals surface area contributed by atoms with E-state index in [1.54, 1.807) is 19.1 Å². The molecule has 0 fully saturated rings. The average Bonchev–Trinajstić information content (AvgIpc) is 2.27. The predicted molar refractivity (Wildman–Crippen MR) is 72.7 cm³/mol. The van der Waals surface area contributed by atoms with Crippen molar-refractivity contribution in [3.63, 3.8) is 0 Å². The summed E-state index contributed by atoms with van der Waals surface area (Å²) in [5.41, 5.74) is 0.762. The van der Waals surface area contributed by atoms with Crippen LogP contribution in [0, 0.1) is 0 Å². The fraction of sp³-hybridized carbons (Fsp3) is 0.500. The maximum absolute atomic E-state index is 11.9. The second-order valence-corrected chi connectivity index (χ2v) is 5.35. The van der Waals surface area contributed by atoms with E-state index < -0.39 is 0 Å². The van der Waals surface area contributed by atoms with Crippen molar-refractivity contribution in [2.24, 2.45) is 0 Å². The fourth-order valence-corrected chi connectivity index (χ4v) is 1.58. The van der Waals surface area contributed by atoms with Crippen molar-refractivity contribution in [1.29, 1.82) is 0 Å². The third-order valence-electron chi connectivity index (χ3n) is 2.43. The molecule has 4 heteroatoms. The topological polar surface area (TPSA) is 41.6 Å². The van der Waals surface area contributed by atoms with Crippen molar-refractivity contribution in [1.82, 2.24) is 10.2 Å². The first-order chi connectivity index (χ1) is 8.33. The molecular weight excluding hydrogens is 228 g/mol. The van der Waals surface area contributed by atoms with Gasteiger partial charge in [-0.05, 0) is 26.8 Å². The summed E-state index contributed by atoms with van der Waals surface area (Å²) in [5.74, 6) is 0.799. The molecule has 0 saturated heterocycles. The summed E-state index contributed by atoms with van der Waals surface area (Å²) in [7, 11) is 3.40. The Balaban J connectivity index is 2.69. The molecular formula is C14H22N2O2. The summed E-state index contributed by atoms with van der Waals surface area (Å²) in [5, 5.41) is 2.92. The molecule has 1 aromatic carbocycles. The van der Waals surface area contributed by atoms with E-state index in [2.05, 4.69) is 5.32 Å². The molecule has 1 aromatic rings. The van der Waals surface area contributed by atoms with Crippen molar-refractivity contribution in [2.45, 2.75) is 32.9 Å². The molecule has 1 rings (SSSR count). The molecule has 0 aromatic heterocycles. The Labute approximate surface area is 109 Å². The van der Waals surface area contributed by atoms with Crippen molar-refractivity contribution in [2.75, 3.05) is 14.2 Å². The van der Waals surface area contributed by atoms with Crippen LogP contribution < -0.4 is 10.1 Å². The maximum atomic E-state index is 11.9. The molecule has 0 aliphatic rings. The molecule has 0 saturated carbocycles. The number of carbonyl (C=O) groups is 1. The molecule has 18 heavy (non-hydrogen) atoms. The summed E-state index contributed by atoms with van der Waals surface area (Å²) in [6, 6.07) is 7.61. The quantitative estimate of drug-likeness (QED) is 0.896. The zero-order valence-electron chi connectivity index (χ0n) is 11.8. The summed E-state index contributed by atoms with van der Waals surface area (Å²) in [4.78, 5) is 13.6. The van der Waals surface area contributed by atoms with Crippen LogP contribution >= 0.6 is 0 Å². The van der Waals surface area contributed by atoms with Crippen molar-refractivity contribution < 1.29 is 9.53 Å². The van der Waals surface area contributed by atoms with Crippen molar-refractivity contribution in [3.05, 3.63) is 29.8 Å². The number of carbonyl (C=O) groups excluding carboxylic acids is 1. The lowest BCUT2D eigenvalue weighted by Gasteiger charge is -2.26. The van der Waals surface area contributed by atoms with E-state index in [-0.39, 0.29) is 11.6 Å². The molecule has 0 bridgehead atoms. The molecule has 0 aliphatic carbocycles. The van der Waals surface area contributed by atoms with Gasteiger partial charge in [0.05, 0.1) is 13.7 Å². The van der Waals surface area contributed by atoms with E-state index in [1.807, 2.05) is 45.0 Å². The van der Waals surface area contributed by atoms with Crippen LogP contribution in [0.1, 0.15) is 26.3 Å². The molecule has 1 N–H and O–H groups in total. The van der Waals surface area contributed by atoms with Crippen LogP contribution in [0.4, 0.5) is 4.79 Å². The summed E-state index contributed by atoms with van der Waals surface area (Å²) in [6.45, 7) is 6.40. The smallest absolute Gasteiger partial charge is 0.317 e. The van der Waals surface area contributed by atoms with Gasteiger partial charge in [-0.1, -0.05) is 18.2 Å². The Kier molecular flexibility index (Phi) is 4.59. The SMILES string of the molecule is COc1ccccc1CN(C)C(=O)NC(C)(C)C. The Morgan fingerprint density at radius 1 is 1.33 bits per heavy atom. The molecule has 0 spiro atoms. The average molecular weight is 250 g/mol. The van der Waals surface area contributed by atoms with Gasteiger partial charge in [-0.15, -0.1) is 0 Å². The number of benzene rings is 1. The van der Waals surface area contributed by atoms with Crippen LogP contribution in [0.5, 0.6) is 5.75 Å². The summed E-state index contributed by atoms with van der Waals surface area (Å²) >= 11 is 0.